The molecule has 0 spiro atoms. The summed E-state index contributed by atoms with van der Waals surface area (Å²) < 4.78 is 2.45. The highest BCUT2D eigenvalue weighted by Gasteiger charge is 2.23. The number of imidazole rings is 1. The highest BCUT2D eigenvalue weighted by molar-refractivity contribution is 5.43. The molecule has 0 atom stereocenters. The largest absolute Gasteiger partial charge is 0.353 e. The second-order valence-electron chi connectivity index (χ2n) is 7.77. The van der Waals surface area contributed by atoms with Crippen LogP contribution in [0.1, 0.15) is 55.2 Å². The summed E-state index contributed by atoms with van der Waals surface area (Å²) in [6.07, 6.45) is 12.7. The molecule has 0 N–H and O–H groups in total. The number of aryl methyl sites for hydroxylation is 2. The fraction of sp³-hybridized carbons (Fsp3) is 0.650. The molecule has 4 rings (SSSR count). The van der Waals surface area contributed by atoms with Crippen molar-refractivity contribution in [1.29, 1.82) is 0 Å². The molecule has 3 heterocycles. The smallest absolute Gasteiger partial charge is 0.150 e. The van der Waals surface area contributed by atoms with Crippen LogP contribution in [-0.4, -0.2) is 50.6 Å². The number of nitrogens with zero attached hydrogens (tertiary/aromatic N) is 6. The van der Waals surface area contributed by atoms with Gasteiger partial charge in [0.25, 0.3) is 0 Å². The van der Waals surface area contributed by atoms with Crippen LogP contribution in [0.3, 0.4) is 0 Å². The molecular weight excluding hydrogens is 324 g/mol. The summed E-state index contributed by atoms with van der Waals surface area (Å²) in [5, 5.41) is 0. The van der Waals surface area contributed by atoms with Gasteiger partial charge in [-0.25, -0.2) is 9.97 Å². The molecule has 2 aromatic rings. The minimum Gasteiger partial charge on any atom is -0.353 e. The Morgan fingerprint density at radius 3 is 2.54 bits per heavy atom. The Morgan fingerprint density at radius 1 is 1.00 bits per heavy atom. The summed E-state index contributed by atoms with van der Waals surface area (Å²) in [6, 6.07) is 0.660. The lowest BCUT2D eigenvalue weighted by molar-refractivity contribution is 0.237. The zero-order valence-electron chi connectivity index (χ0n) is 16.1. The Morgan fingerprint density at radius 2 is 1.77 bits per heavy atom. The van der Waals surface area contributed by atoms with Gasteiger partial charge in [0, 0.05) is 51.2 Å². The minimum atomic E-state index is 0.660. The van der Waals surface area contributed by atoms with E-state index in [0.717, 1.165) is 49.9 Å². The van der Waals surface area contributed by atoms with Crippen LogP contribution >= 0.6 is 0 Å². The summed E-state index contributed by atoms with van der Waals surface area (Å²) in [4.78, 5) is 18.6. The number of piperazine rings is 1. The van der Waals surface area contributed by atoms with Crippen molar-refractivity contribution < 1.29 is 0 Å². The molecule has 1 aliphatic carbocycles. The Bertz CT molecular complexity index is 726. The van der Waals surface area contributed by atoms with Crippen LogP contribution in [0.2, 0.25) is 0 Å². The average molecular weight is 355 g/mol. The molecule has 1 saturated carbocycles. The number of aromatic nitrogens is 4. The SMILES string of the molecule is Cc1cnc(C)c(N2CCN(Cc3cncn3C3CCCCC3)CC2)n1. The molecule has 0 unspecified atom stereocenters. The third-order valence-electron chi connectivity index (χ3n) is 5.82. The first kappa shape index (κ1) is 17.5. The summed E-state index contributed by atoms with van der Waals surface area (Å²) in [5.74, 6) is 1.05. The second kappa shape index (κ2) is 7.74. The van der Waals surface area contributed by atoms with E-state index in [9.17, 15) is 0 Å². The van der Waals surface area contributed by atoms with E-state index in [2.05, 4.69) is 37.5 Å². The molecule has 0 amide bonds. The monoisotopic (exact) mass is 354 g/mol. The summed E-state index contributed by atoms with van der Waals surface area (Å²) >= 11 is 0. The van der Waals surface area contributed by atoms with Crippen molar-refractivity contribution in [3.8, 4) is 0 Å². The molecule has 0 radical (unpaired) electrons. The zero-order valence-corrected chi connectivity index (χ0v) is 16.1. The first-order chi connectivity index (χ1) is 12.7. The lowest BCUT2D eigenvalue weighted by atomic mass is 9.95. The van der Waals surface area contributed by atoms with Crippen molar-refractivity contribution >= 4 is 5.82 Å². The molecule has 26 heavy (non-hydrogen) atoms. The Kier molecular flexibility index (Phi) is 5.20. The molecule has 6 heteroatoms. The van der Waals surface area contributed by atoms with Gasteiger partial charge in [-0.1, -0.05) is 19.3 Å². The molecule has 0 bridgehead atoms. The molecule has 1 aliphatic heterocycles. The maximum absolute atomic E-state index is 4.70. The van der Waals surface area contributed by atoms with Crippen LogP contribution in [0, 0.1) is 13.8 Å². The summed E-state index contributed by atoms with van der Waals surface area (Å²) in [7, 11) is 0. The van der Waals surface area contributed by atoms with E-state index >= 15 is 0 Å². The third kappa shape index (κ3) is 3.75. The number of hydrogen-bond acceptors (Lipinski definition) is 5. The second-order valence-corrected chi connectivity index (χ2v) is 7.77. The first-order valence-corrected chi connectivity index (χ1v) is 9.99. The molecule has 1 saturated heterocycles. The lowest BCUT2D eigenvalue weighted by Crippen LogP contribution is -2.46. The van der Waals surface area contributed by atoms with E-state index < -0.39 is 0 Å². The van der Waals surface area contributed by atoms with Crippen LogP contribution in [0.5, 0.6) is 0 Å². The van der Waals surface area contributed by atoms with Gasteiger partial charge in [0.1, 0.15) is 5.82 Å². The van der Waals surface area contributed by atoms with Crippen LogP contribution in [0.25, 0.3) is 0 Å². The van der Waals surface area contributed by atoms with Gasteiger partial charge >= 0.3 is 0 Å². The standard InChI is InChI=1S/C20H30N6/c1-16-12-22-17(2)20(23-16)25-10-8-24(9-11-25)14-19-13-21-15-26(19)18-6-4-3-5-7-18/h12-13,15,18H,3-11,14H2,1-2H3. The predicted molar refractivity (Wildman–Crippen MR) is 103 cm³/mol. The molecule has 6 nitrogen and oxygen atoms in total. The summed E-state index contributed by atoms with van der Waals surface area (Å²) in [6.45, 7) is 9.21. The summed E-state index contributed by atoms with van der Waals surface area (Å²) in [5.41, 5.74) is 3.39. The number of rotatable bonds is 4. The highest BCUT2D eigenvalue weighted by atomic mass is 15.3. The highest BCUT2D eigenvalue weighted by Crippen LogP contribution is 2.29. The topological polar surface area (TPSA) is 50.1 Å². The van der Waals surface area contributed by atoms with E-state index in [1.165, 1.54) is 37.8 Å². The van der Waals surface area contributed by atoms with E-state index in [4.69, 9.17) is 4.98 Å². The van der Waals surface area contributed by atoms with E-state index in [1.807, 2.05) is 19.4 Å². The van der Waals surface area contributed by atoms with Gasteiger partial charge in [-0.3, -0.25) is 9.88 Å². The van der Waals surface area contributed by atoms with E-state index in [0.29, 0.717) is 6.04 Å². The fourth-order valence-electron chi connectivity index (χ4n) is 4.31. The zero-order chi connectivity index (χ0) is 17.9. The molecule has 140 valence electrons. The van der Waals surface area contributed by atoms with Gasteiger partial charge in [-0.2, -0.15) is 0 Å². The van der Waals surface area contributed by atoms with Gasteiger partial charge in [0.05, 0.1) is 23.4 Å². The van der Waals surface area contributed by atoms with Gasteiger partial charge < -0.3 is 9.47 Å². The van der Waals surface area contributed by atoms with Crippen molar-refractivity contribution in [2.24, 2.45) is 0 Å². The number of hydrogen-bond donors (Lipinski definition) is 0. The molecule has 2 aliphatic rings. The van der Waals surface area contributed by atoms with Crippen molar-refractivity contribution in [1.82, 2.24) is 24.4 Å². The molecular formula is C20H30N6. The van der Waals surface area contributed by atoms with Gasteiger partial charge in [-0.15, -0.1) is 0 Å². The first-order valence-electron chi connectivity index (χ1n) is 9.99. The van der Waals surface area contributed by atoms with E-state index in [1.54, 1.807) is 0 Å². The van der Waals surface area contributed by atoms with Crippen molar-refractivity contribution in [2.45, 2.75) is 58.5 Å². The molecule has 2 aromatic heterocycles. The third-order valence-corrected chi connectivity index (χ3v) is 5.82. The van der Waals surface area contributed by atoms with Gasteiger partial charge in [-0.05, 0) is 26.7 Å². The maximum atomic E-state index is 4.70. The molecule has 0 aromatic carbocycles. The van der Waals surface area contributed by atoms with Crippen LogP contribution < -0.4 is 4.90 Å². The maximum Gasteiger partial charge on any atom is 0.150 e. The van der Waals surface area contributed by atoms with Crippen LogP contribution in [0.15, 0.2) is 18.7 Å². The van der Waals surface area contributed by atoms with Gasteiger partial charge in [0.15, 0.2) is 0 Å². The normalized spacial score (nSPS) is 19.8. The minimum absolute atomic E-state index is 0.660. The van der Waals surface area contributed by atoms with Crippen molar-refractivity contribution in [3.05, 3.63) is 35.8 Å². The van der Waals surface area contributed by atoms with Crippen molar-refractivity contribution in [2.75, 3.05) is 31.1 Å². The quantitative estimate of drug-likeness (QED) is 0.844. The fourth-order valence-corrected chi connectivity index (χ4v) is 4.31. The Balaban J connectivity index is 1.37. The van der Waals surface area contributed by atoms with Crippen molar-refractivity contribution in [3.63, 3.8) is 0 Å². The molecule has 2 fully saturated rings. The van der Waals surface area contributed by atoms with Crippen LogP contribution in [0.4, 0.5) is 5.82 Å². The van der Waals surface area contributed by atoms with Crippen LogP contribution in [-0.2, 0) is 6.54 Å². The predicted octanol–water partition coefficient (Wildman–Crippen LogP) is 3.12. The van der Waals surface area contributed by atoms with E-state index in [-0.39, 0.29) is 0 Å². The van der Waals surface area contributed by atoms with Gasteiger partial charge in [0.2, 0.25) is 0 Å². The number of anilines is 1. The average Bonchev–Trinajstić information content (AvgIpc) is 3.13. The Labute approximate surface area is 156 Å². The Hall–Kier alpha value is -1.95. The lowest BCUT2D eigenvalue weighted by Gasteiger charge is -2.36.